The Bertz CT molecular complexity index is 1210. The highest BCUT2D eigenvalue weighted by molar-refractivity contribution is 6.32. The standard InChI is InChI=1S/C24H33ClN6O3/c1-24(2,33)9-11-31-20-12-17(7-8-19(20)29(3)23(31)32)27-21-18(25)13-26-22(28-21)30-10-5-6-16(14-30)15-34-4/h7-8,12-13,16,33H,5-6,9-11,14-15H2,1-4H3,(H,26,27,28). The third kappa shape index (κ3) is 5.37. The molecule has 34 heavy (non-hydrogen) atoms. The smallest absolute Gasteiger partial charge is 0.328 e. The Labute approximate surface area is 204 Å². The fourth-order valence-corrected chi connectivity index (χ4v) is 4.58. The number of benzene rings is 1. The van der Waals surface area contributed by atoms with Gasteiger partial charge in [0, 0.05) is 39.5 Å². The molecular weight excluding hydrogens is 456 g/mol. The highest BCUT2D eigenvalue weighted by Gasteiger charge is 2.23. The van der Waals surface area contributed by atoms with Crippen molar-refractivity contribution >= 4 is 40.1 Å². The van der Waals surface area contributed by atoms with E-state index in [4.69, 9.17) is 21.3 Å². The summed E-state index contributed by atoms with van der Waals surface area (Å²) in [6.07, 6.45) is 4.28. The summed E-state index contributed by atoms with van der Waals surface area (Å²) in [7, 11) is 3.48. The van der Waals surface area contributed by atoms with Gasteiger partial charge in [0.2, 0.25) is 5.95 Å². The normalized spacial score (nSPS) is 16.9. The van der Waals surface area contributed by atoms with Gasteiger partial charge in [-0.1, -0.05) is 11.6 Å². The molecule has 9 nitrogen and oxygen atoms in total. The first-order valence-corrected chi connectivity index (χ1v) is 12.0. The number of anilines is 3. The van der Waals surface area contributed by atoms with Gasteiger partial charge in [-0.15, -0.1) is 0 Å². The zero-order valence-electron chi connectivity index (χ0n) is 20.2. The SMILES string of the molecule is COCC1CCCN(c2ncc(Cl)c(Nc3ccc4c(c3)n(CCC(C)(C)O)c(=O)n4C)n2)C1. The highest BCUT2D eigenvalue weighted by atomic mass is 35.5. The summed E-state index contributed by atoms with van der Waals surface area (Å²) < 4.78 is 8.64. The summed E-state index contributed by atoms with van der Waals surface area (Å²) in [6.45, 7) is 6.36. The molecular formula is C24H33ClN6O3. The minimum absolute atomic E-state index is 0.116. The predicted molar refractivity (Wildman–Crippen MR) is 135 cm³/mol. The molecule has 10 heteroatoms. The first kappa shape index (κ1) is 24.5. The second kappa shape index (κ2) is 9.93. The van der Waals surface area contributed by atoms with E-state index in [2.05, 4.69) is 15.2 Å². The zero-order chi connectivity index (χ0) is 24.5. The van der Waals surface area contributed by atoms with Crippen molar-refractivity contribution < 1.29 is 9.84 Å². The Morgan fingerprint density at radius 1 is 1.32 bits per heavy atom. The van der Waals surface area contributed by atoms with Gasteiger partial charge in [0.05, 0.1) is 29.4 Å². The molecule has 2 N–H and O–H groups in total. The Balaban J connectivity index is 1.61. The fraction of sp³-hybridized carbons (Fsp3) is 0.542. The van der Waals surface area contributed by atoms with Crippen LogP contribution in [0.15, 0.2) is 29.2 Å². The van der Waals surface area contributed by atoms with Crippen molar-refractivity contribution in [1.29, 1.82) is 0 Å². The van der Waals surface area contributed by atoms with E-state index in [1.165, 1.54) is 0 Å². The molecule has 1 atom stereocenters. The van der Waals surface area contributed by atoms with Crippen LogP contribution in [-0.4, -0.2) is 56.6 Å². The third-order valence-corrected chi connectivity index (χ3v) is 6.57. The van der Waals surface area contributed by atoms with Crippen molar-refractivity contribution in [3.63, 3.8) is 0 Å². The number of hydrogen-bond acceptors (Lipinski definition) is 7. The molecule has 2 aromatic heterocycles. The lowest BCUT2D eigenvalue weighted by Gasteiger charge is -2.32. The number of rotatable bonds is 8. The molecule has 1 fully saturated rings. The van der Waals surface area contributed by atoms with Crippen molar-refractivity contribution in [1.82, 2.24) is 19.1 Å². The number of nitrogens with zero attached hydrogens (tertiary/aromatic N) is 5. The minimum Gasteiger partial charge on any atom is -0.390 e. The van der Waals surface area contributed by atoms with Crippen LogP contribution in [0.25, 0.3) is 11.0 Å². The van der Waals surface area contributed by atoms with Gasteiger partial charge in [-0.3, -0.25) is 9.13 Å². The first-order chi connectivity index (χ1) is 16.2. The van der Waals surface area contributed by atoms with Crippen molar-refractivity contribution in [2.75, 3.05) is 37.0 Å². The van der Waals surface area contributed by atoms with Crippen LogP contribution in [0.2, 0.25) is 5.02 Å². The number of ether oxygens (including phenoxy) is 1. The molecule has 184 valence electrons. The Hall–Kier alpha value is -2.62. The lowest BCUT2D eigenvalue weighted by Crippen LogP contribution is -2.38. The first-order valence-electron chi connectivity index (χ1n) is 11.6. The maximum Gasteiger partial charge on any atom is 0.328 e. The average molecular weight is 489 g/mol. The zero-order valence-corrected chi connectivity index (χ0v) is 21.0. The van der Waals surface area contributed by atoms with Gasteiger partial charge in [0.1, 0.15) is 5.02 Å². The summed E-state index contributed by atoms with van der Waals surface area (Å²) in [5.41, 5.74) is 1.38. The number of piperidine rings is 1. The number of imidazole rings is 1. The topological polar surface area (TPSA) is 97.4 Å². The largest absolute Gasteiger partial charge is 0.390 e. The number of halogens is 1. The lowest BCUT2D eigenvalue weighted by molar-refractivity contribution is 0.0662. The number of aliphatic hydroxyl groups is 1. The molecule has 4 rings (SSSR count). The van der Waals surface area contributed by atoms with E-state index >= 15 is 0 Å². The summed E-state index contributed by atoms with van der Waals surface area (Å²) in [5.74, 6) is 1.60. The predicted octanol–water partition coefficient (Wildman–Crippen LogP) is 3.55. The third-order valence-electron chi connectivity index (χ3n) is 6.29. The van der Waals surface area contributed by atoms with E-state index in [0.29, 0.717) is 35.7 Å². The Kier molecular flexibility index (Phi) is 7.16. The summed E-state index contributed by atoms with van der Waals surface area (Å²) in [5, 5.41) is 13.9. The van der Waals surface area contributed by atoms with Crippen LogP contribution in [0.1, 0.15) is 33.1 Å². The van der Waals surface area contributed by atoms with Crippen LogP contribution in [0.4, 0.5) is 17.5 Å². The molecule has 0 saturated carbocycles. The molecule has 3 heterocycles. The van der Waals surface area contributed by atoms with Crippen molar-refractivity contribution in [2.24, 2.45) is 13.0 Å². The van der Waals surface area contributed by atoms with Gasteiger partial charge < -0.3 is 20.1 Å². The number of hydrogen-bond donors (Lipinski definition) is 2. The monoisotopic (exact) mass is 488 g/mol. The van der Waals surface area contributed by atoms with Crippen LogP contribution in [-0.2, 0) is 18.3 Å². The van der Waals surface area contributed by atoms with Crippen LogP contribution in [0.3, 0.4) is 0 Å². The Morgan fingerprint density at radius 2 is 2.12 bits per heavy atom. The van der Waals surface area contributed by atoms with E-state index in [-0.39, 0.29) is 5.69 Å². The van der Waals surface area contributed by atoms with Crippen LogP contribution < -0.4 is 15.9 Å². The number of aromatic nitrogens is 4. The lowest BCUT2D eigenvalue weighted by atomic mass is 9.99. The van der Waals surface area contributed by atoms with Crippen LogP contribution in [0, 0.1) is 5.92 Å². The summed E-state index contributed by atoms with van der Waals surface area (Å²) >= 11 is 6.43. The van der Waals surface area contributed by atoms with Crippen molar-refractivity contribution in [3.8, 4) is 0 Å². The number of methoxy groups -OCH3 is 1. The molecule has 3 aromatic rings. The van der Waals surface area contributed by atoms with Crippen molar-refractivity contribution in [2.45, 2.75) is 45.3 Å². The molecule has 1 saturated heterocycles. The molecule has 0 amide bonds. The average Bonchev–Trinajstić information content (AvgIpc) is 3.03. The van der Waals surface area contributed by atoms with Gasteiger partial charge in [0.15, 0.2) is 5.82 Å². The molecule has 1 aromatic carbocycles. The molecule has 0 spiro atoms. The van der Waals surface area contributed by atoms with Crippen LogP contribution in [0.5, 0.6) is 0 Å². The number of fused-ring (bicyclic) bond motifs is 1. The molecule has 1 aliphatic rings. The second-order valence-corrected chi connectivity index (χ2v) is 10.1. The van der Waals surface area contributed by atoms with Gasteiger partial charge in [-0.05, 0) is 57.2 Å². The van der Waals surface area contributed by atoms with Crippen LogP contribution >= 0.6 is 11.6 Å². The maximum atomic E-state index is 12.8. The van der Waals surface area contributed by atoms with E-state index in [0.717, 1.165) is 49.3 Å². The fourth-order valence-electron chi connectivity index (χ4n) is 4.44. The molecule has 0 aliphatic carbocycles. The molecule has 0 bridgehead atoms. The summed E-state index contributed by atoms with van der Waals surface area (Å²) in [4.78, 5) is 24.1. The van der Waals surface area contributed by atoms with E-state index in [1.54, 1.807) is 43.3 Å². The highest BCUT2D eigenvalue weighted by Crippen LogP contribution is 2.28. The van der Waals surface area contributed by atoms with E-state index in [9.17, 15) is 9.90 Å². The Morgan fingerprint density at radius 3 is 2.85 bits per heavy atom. The van der Waals surface area contributed by atoms with Gasteiger partial charge >= 0.3 is 5.69 Å². The minimum atomic E-state index is -0.862. The van der Waals surface area contributed by atoms with Gasteiger partial charge in [-0.25, -0.2) is 9.78 Å². The van der Waals surface area contributed by atoms with E-state index in [1.807, 2.05) is 18.2 Å². The number of nitrogens with one attached hydrogen (secondary N) is 1. The van der Waals surface area contributed by atoms with E-state index < -0.39 is 5.60 Å². The molecule has 1 unspecified atom stereocenters. The maximum absolute atomic E-state index is 12.8. The second-order valence-electron chi connectivity index (χ2n) is 9.66. The molecule has 0 radical (unpaired) electrons. The van der Waals surface area contributed by atoms with Crippen molar-refractivity contribution in [3.05, 3.63) is 39.9 Å². The summed E-state index contributed by atoms with van der Waals surface area (Å²) in [6, 6.07) is 5.71. The number of aryl methyl sites for hydroxylation is 2. The van der Waals surface area contributed by atoms with Gasteiger partial charge in [0.25, 0.3) is 0 Å². The van der Waals surface area contributed by atoms with Gasteiger partial charge in [-0.2, -0.15) is 4.98 Å². The molecule has 1 aliphatic heterocycles. The quantitative estimate of drug-likeness (QED) is 0.500.